The number of nitrogens with one attached hydrogen (secondary N) is 1. The molecular weight excluding hydrogens is 508 g/mol. The summed E-state index contributed by atoms with van der Waals surface area (Å²) in [5.74, 6) is -0.829. The van der Waals surface area contributed by atoms with Gasteiger partial charge in [-0.1, -0.05) is 40.2 Å². The largest absolute Gasteiger partial charge is 0.357 e. The first-order valence-electron chi connectivity index (χ1n) is 10.4. The lowest BCUT2D eigenvalue weighted by Gasteiger charge is -2.33. The predicted molar refractivity (Wildman–Crippen MR) is 134 cm³/mol. The summed E-state index contributed by atoms with van der Waals surface area (Å²) in [5.41, 5.74) is 2.82. The number of hydrogen-bond acceptors (Lipinski definition) is 4. The van der Waals surface area contributed by atoms with Crippen molar-refractivity contribution in [3.63, 3.8) is 0 Å². The SMILES string of the molecule is CNC(=O)C(C)N(Cc1cccc(Br)c1)C(=O)CN(c1cc(C)ccc1C)S(=O)(=O)N(C)C. The van der Waals surface area contributed by atoms with E-state index in [4.69, 9.17) is 0 Å². The van der Waals surface area contributed by atoms with Crippen LogP contribution in [0, 0.1) is 13.8 Å². The highest BCUT2D eigenvalue weighted by Gasteiger charge is 2.33. The average Bonchev–Trinajstić information content (AvgIpc) is 2.76. The Morgan fingerprint density at radius 3 is 2.33 bits per heavy atom. The molecule has 0 saturated heterocycles. The summed E-state index contributed by atoms with van der Waals surface area (Å²) < 4.78 is 29.4. The van der Waals surface area contributed by atoms with Crippen LogP contribution in [0.3, 0.4) is 0 Å². The van der Waals surface area contributed by atoms with E-state index in [1.807, 2.05) is 43.3 Å². The first-order valence-corrected chi connectivity index (χ1v) is 12.6. The maximum Gasteiger partial charge on any atom is 0.304 e. The molecule has 8 nitrogen and oxygen atoms in total. The molecule has 0 aliphatic rings. The molecule has 0 aliphatic carbocycles. The monoisotopic (exact) mass is 538 g/mol. The van der Waals surface area contributed by atoms with Crippen LogP contribution in [0.25, 0.3) is 0 Å². The molecule has 1 N–H and O–H groups in total. The van der Waals surface area contributed by atoms with Gasteiger partial charge < -0.3 is 10.2 Å². The van der Waals surface area contributed by atoms with Crippen molar-refractivity contribution in [3.05, 3.63) is 63.6 Å². The van der Waals surface area contributed by atoms with Gasteiger partial charge in [0.1, 0.15) is 12.6 Å². The third-order valence-electron chi connectivity index (χ3n) is 5.31. The Morgan fingerprint density at radius 2 is 1.76 bits per heavy atom. The van der Waals surface area contributed by atoms with Gasteiger partial charge in [0.25, 0.3) is 0 Å². The molecule has 0 bridgehead atoms. The van der Waals surface area contributed by atoms with E-state index in [1.165, 1.54) is 26.0 Å². The number of likely N-dealkylation sites (N-methyl/N-ethyl adjacent to an activating group) is 1. The van der Waals surface area contributed by atoms with Gasteiger partial charge in [0.05, 0.1) is 5.69 Å². The first-order chi connectivity index (χ1) is 15.4. The maximum absolute atomic E-state index is 13.6. The number of halogens is 1. The summed E-state index contributed by atoms with van der Waals surface area (Å²) in [7, 11) is 0.362. The van der Waals surface area contributed by atoms with E-state index in [0.717, 1.165) is 29.8 Å². The number of carbonyl (C=O) groups is 2. The highest BCUT2D eigenvalue weighted by Crippen LogP contribution is 2.26. The van der Waals surface area contributed by atoms with E-state index >= 15 is 0 Å². The summed E-state index contributed by atoms with van der Waals surface area (Å²) in [6.45, 7) is 4.98. The van der Waals surface area contributed by atoms with Gasteiger partial charge in [-0.2, -0.15) is 12.7 Å². The summed E-state index contributed by atoms with van der Waals surface area (Å²) in [6.07, 6.45) is 0. The molecule has 0 radical (unpaired) electrons. The molecule has 2 aromatic rings. The van der Waals surface area contributed by atoms with Gasteiger partial charge in [-0.15, -0.1) is 0 Å². The van der Waals surface area contributed by atoms with Gasteiger partial charge in [0, 0.05) is 32.2 Å². The topological polar surface area (TPSA) is 90.0 Å². The van der Waals surface area contributed by atoms with Crippen LogP contribution in [0.4, 0.5) is 5.69 Å². The van der Waals surface area contributed by atoms with Crippen LogP contribution in [0.1, 0.15) is 23.6 Å². The van der Waals surface area contributed by atoms with E-state index in [1.54, 1.807) is 19.9 Å². The first kappa shape index (κ1) is 26.8. The summed E-state index contributed by atoms with van der Waals surface area (Å²) in [4.78, 5) is 27.4. The average molecular weight is 539 g/mol. The van der Waals surface area contributed by atoms with Gasteiger partial charge >= 0.3 is 10.2 Å². The van der Waals surface area contributed by atoms with E-state index in [0.29, 0.717) is 5.69 Å². The fraction of sp³-hybridized carbons (Fsp3) is 0.391. The van der Waals surface area contributed by atoms with Crippen molar-refractivity contribution in [2.75, 3.05) is 32.0 Å². The lowest BCUT2D eigenvalue weighted by Crippen LogP contribution is -2.52. The molecule has 0 aromatic heterocycles. The molecule has 0 heterocycles. The molecule has 33 heavy (non-hydrogen) atoms. The molecule has 1 atom stereocenters. The number of anilines is 1. The summed E-state index contributed by atoms with van der Waals surface area (Å²) in [5, 5.41) is 2.57. The number of benzene rings is 2. The minimum Gasteiger partial charge on any atom is -0.357 e. The number of amides is 2. The second-order valence-electron chi connectivity index (χ2n) is 8.03. The zero-order valence-corrected chi connectivity index (χ0v) is 22.2. The predicted octanol–water partition coefficient (Wildman–Crippen LogP) is 2.84. The molecule has 10 heteroatoms. The number of hydrogen-bond donors (Lipinski definition) is 1. The van der Waals surface area contributed by atoms with Gasteiger partial charge in [0.2, 0.25) is 11.8 Å². The van der Waals surface area contributed by atoms with Crippen LogP contribution >= 0.6 is 15.9 Å². The number of rotatable bonds is 9. The van der Waals surface area contributed by atoms with Crippen molar-refractivity contribution >= 4 is 43.6 Å². The normalized spacial score (nSPS) is 12.4. The molecule has 0 saturated carbocycles. The molecule has 0 fully saturated rings. The molecule has 1 unspecified atom stereocenters. The molecule has 0 spiro atoms. The third kappa shape index (κ3) is 6.55. The van der Waals surface area contributed by atoms with Crippen molar-refractivity contribution < 1.29 is 18.0 Å². The number of nitrogens with zero attached hydrogens (tertiary/aromatic N) is 3. The second-order valence-corrected chi connectivity index (χ2v) is 11.0. The van der Waals surface area contributed by atoms with Crippen molar-refractivity contribution in [2.45, 2.75) is 33.4 Å². The number of carbonyl (C=O) groups excluding carboxylic acids is 2. The van der Waals surface area contributed by atoms with Crippen LogP contribution in [0.2, 0.25) is 0 Å². The summed E-state index contributed by atoms with van der Waals surface area (Å²) >= 11 is 3.42. The van der Waals surface area contributed by atoms with Gasteiger partial charge in [-0.05, 0) is 55.7 Å². The number of aryl methyl sites for hydroxylation is 2. The highest BCUT2D eigenvalue weighted by atomic mass is 79.9. The Labute approximate surface area is 204 Å². The highest BCUT2D eigenvalue weighted by molar-refractivity contribution is 9.10. The molecule has 0 aliphatic heterocycles. The van der Waals surface area contributed by atoms with Crippen LogP contribution in [0.15, 0.2) is 46.9 Å². The Balaban J connectivity index is 2.51. The van der Waals surface area contributed by atoms with Crippen LogP contribution in [-0.2, 0) is 26.3 Å². The minimum absolute atomic E-state index is 0.148. The Hall–Kier alpha value is -2.43. The third-order valence-corrected chi connectivity index (χ3v) is 7.61. The minimum atomic E-state index is -3.98. The van der Waals surface area contributed by atoms with Crippen molar-refractivity contribution in [1.82, 2.24) is 14.5 Å². The van der Waals surface area contributed by atoms with E-state index in [-0.39, 0.29) is 12.5 Å². The van der Waals surface area contributed by atoms with Crippen LogP contribution in [-0.4, -0.2) is 63.2 Å². The van der Waals surface area contributed by atoms with Gasteiger partial charge in [-0.25, -0.2) is 4.31 Å². The lowest BCUT2D eigenvalue weighted by molar-refractivity contribution is -0.139. The Bertz CT molecular complexity index is 1120. The van der Waals surface area contributed by atoms with Crippen LogP contribution in [0.5, 0.6) is 0 Å². The van der Waals surface area contributed by atoms with E-state index in [2.05, 4.69) is 21.2 Å². The molecule has 180 valence electrons. The quantitative estimate of drug-likeness (QED) is 0.531. The Morgan fingerprint density at radius 1 is 1.09 bits per heavy atom. The zero-order chi connectivity index (χ0) is 24.9. The van der Waals surface area contributed by atoms with Crippen molar-refractivity contribution in [3.8, 4) is 0 Å². The van der Waals surface area contributed by atoms with Crippen molar-refractivity contribution in [2.24, 2.45) is 0 Å². The molecular formula is C23H31BrN4O4S. The smallest absolute Gasteiger partial charge is 0.304 e. The molecule has 2 amide bonds. The van der Waals surface area contributed by atoms with Crippen molar-refractivity contribution in [1.29, 1.82) is 0 Å². The van der Waals surface area contributed by atoms with E-state index < -0.39 is 28.7 Å². The Kier molecular flexibility index (Phi) is 9.04. The van der Waals surface area contributed by atoms with Gasteiger partial charge in [-0.3, -0.25) is 9.59 Å². The summed E-state index contributed by atoms with van der Waals surface area (Å²) in [6, 6.07) is 12.0. The fourth-order valence-corrected chi connectivity index (χ4v) is 4.87. The van der Waals surface area contributed by atoms with Crippen LogP contribution < -0.4 is 9.62 Å². The van der Waals surface area contributed by atoms with Gasteiger partial charge in [0.15, 0.2) is 0 Å². The zero-order valence-electron chi connectivity index (χ0n) is 19.8. The maximum atomic E-state index is 13.6. The molecule has 2 aromatic carbocycles. The molecule has 2 rings (SSSR count). The van der Waals surface area contributed by atoms with E-state index in [9.17, 15) is 18.0 Å². The lowest BCUT2D eigenvalue weighted by atomic mass is 10.1. The second kappa shape index (κ2) is 11.1. The standard InChI is InChI=1S/C23H31BrN4O4S/c1-16-10-11-17(2)21(12-16)28(33(31,32)26(5)6)15-22(29)27(18(3)23(30)25-4)14-19-8-7-9-20(24)13-19/h7-13,18H,14-15H2,1-6H3,(H,25,30). The fourth-order valence-electron chi connectivity index (χ4n) is 3.31.